The van der Waals surface area contributed by atoms with E-state index in [1.165, 1.54) is 11.1 Å². The molecule has 0 unspecified atom stereocenters. The minimum atomic E-state index is 0.623. The third-order valence-electron chi connectivity index (χ3n) is 3.40. The molecule has 96 valence electrons. The fraction of sp³-hybridized carbons (Fsp3) is 0.176. The van der Waals surface area contributed by atoms with Crippen molar-refractivity contribution in [2.75, 3.05) is 13.7 Å². The maximum absolute atomic E-state index is 5.83. The van der Waals surface area contributed by atoms with Gasteiger partial charge in [-0.15, -0.1) is 0 Å². The van der Waals surface area contributed by atoms with Gasteiger partial charge in [-0.3, -0.25) is 0 Å². The quantitative estimate of drug-likeness (QED) is 0.677. The predicted molar refractivity (Wildman–Crippen MR) is 79.2 cm³/mol. The summed E-state index contributed by atoms with van der Waals surface area (Å²) in [6.07, 6.45) is 2.09. The van der Waals surface area contributed by atoms with E-state index in [-0.39, 0.29) is 0 Å². The molecule has 0 fully saturated rings. The van der Waals surface area contributed by atoms with Crippen LogP contribution in [-0.4, -0.2) is 13.7 Å². The first-order valence-corrected chi connectivity index (χ1v) is 6.39. The van der Waals surface area contributed by atoms with E-state index in [1.54, 1.807) is 7.11 Å². The summed E-state index contributed by atoms with van der Waals surface area (Å²) >= 11 is 0. The van der Waals surface area contributed by atoms with Crippen LogP contribution in [0, 0.1) is 0 Å². The summed E-state index contributed by atoms with van der Waals surface area (Å²) in [7, 11) is 1.72. The Bertz CT molecular complexity index is 750. The van der Waals surface area contributed by atoms with Gasteiger partial charge < -0.3 is 9.15 Å². The van der Waals surface area contributed by atoms with Crippen LogP contribution in [0.25, 0.3) is 27.5 Å². The Morgan fingerprint density at radius 2 is 1.89 bits per heavy atom. The molecule has 0 aliphatic heterocycles. The number of benzene rings is 2. The highest BCUT2D eigenvalue weighted by atomic mass is 16.5. The Kier molecular flexibility index (Phi) is 3.10. The molecule has 0 saturated heterocycles. The van der Waals surface area contributed by atoms with Gasteiger partial charge in [-0.05, 0) is 36.3 Å². The normalized spacial score (nSPS) is 12.4. The molecule has 2 aromatic carbocycles. The number of methoxy groups -OCH3 is 1. The molecule has 2 nitrogen and oxygen atoms in total. The number of ether oxygens (including phenoxy) is 1. The van der Waals surface area contributed by atoms with Gasteiger partial charge in [0.2, 0.25) is 0 Å². The maximum Gasteiger partial charge on any atom is 0.135 e. The fourth-order valence-corrected chi connectivity index (χ4v) is 2.41. The zero-order valence-corrected chi connectivity index (χ0v) is 11.1. The molecule has 1 heterocycles. The molecular formula is C17H16O2. The Balaban J connectivity index is 2.21. The number of hydrogen-bond acceptors (Lipinski definition) is 2. The minimum Gasteiger partial charge on any atom is -0.456 e. The number of allylic oxidation sites excluding steroid dienone is 1. The van der Waals surface area contributed by atoms with Crippen LogP contribution in [0.4, 0.5) is 0 Å². The number of hydrogen-bond donors (Lipinski definition) is 0. The van der Waals surface area contributed by atoms with E-state index in [4.69, 9.17) is 9.15 Å². The lowest BCUT2D eigenvalue weighted by Gasteiger charge is -2.06. The van der Waals surface area contributed by atoms with E-state index < -0.39 is 0 Å². The van der Waals surface area contributed by atoms with Crippen molar-refractivity contribution in [2.45, 2.75) is 6.92 Å². The van der Waals surface area contributed by atoms with Gasteiger partial charge in [0, 0.05) is 17.9 Å². The van der Waals surface area contributed by atoms with Gasteiger partial charge in [0.05, 0.1) is 6.61 Å². The molecule has 3 rings (SSSR count). The van der Waals surface area contributed by atoms with Gasteiger partial charge in [-0.2, -0.15) is 0 Å². The maximum atomic E-state index is 5.83. The number of para-hydroxylation sites is 1. The van der Waals surface area contributed by atoms with E-state index in [2.05, 4.69) is 24.3 Å². The standard InChI is InChI=1S/C17H16O2/c1-3-12(11-18-2)13-8-9-17-15(10-13)14-6-4-5-7-16(14)19-17/h3-10H,11H2,1-2H3. The molecule has 0 amide bonds. The number of fused-ring (bicyclic) bond motifs is 3. The molecule has 2 heteroatoms. The van der Waals surface area contributed by atoms with Crippen molar-refractivity contribution < 1.29 is 9.15 Å². The van der Waals surface area contributed by atoms with Gasteiger partial charge in [0.1, 0.15) is 11.2 Å². The van der Waals surface area contributed by atoms with Gasteiger partial charge in [-0.25, -0.2) is 0 Å². The highest BCUT2D eigenvalue weighted by molar-refractivity contribution is 6.05. The molecule has 19 heavy (non-hydrogen) atoms. The SMILES string of the molecule is CC=C(COC)c1ccc2oc3ccccc3c2c1. The second kappa shape index (κ2) is 4.90. The van der Waals surface area contributed by atoms with Crippen LogP contribution >= 0.6 is 0 Å². The molecule has 0 bridgehead atoms. The number of furan rings is 1. The largest absolute Gasteiger partial charge is 0.456 e. The van der Waals surface area contributed by atoms with Crippen LogP contribution in [-0.2, 0) is 4.74 Å². The van der Waals surface area contributed by atoms with E-state index in [1.807, 2.05) is 31.2 Å². The smallest absolute Gasteiger partial charge is 0.135 e. The lowest BCUT2D eigenvalue weighted by molar-refractivity contribution is 0.239. The highest BCUT2D eigenvalue weighted by Gasteiger charge is 2.08. The topological polar surface area (TPSA) is 22.4 Å². The van der Waals surface area contributed by atoms with Crippen LogP contribution in [0.3, 0.4) is 0 Å². The third kappa shape index (κ3) is 2.04. The van der Waals surface area contributed by atoms with Crippen LogP contribution in [0.1, 0.15) is 12.5 Å². The molecule has 0 spiro atoms. The first-order valence-electron chi connectivity index (χ1n) is 6.39. The summed E-state index contributed by atoms with van der Waals surface area (Å²) < 4.78 is 11.1. The second-order valence-electron chi connectivity index (χ2n) is 4.56. The predicted octanol–water partition coefficient (Wildman–Crippen LogP) is 4.64. The van der Waals surface area contributed by atoms with Crippen molar-refractivity contribution in [3.8, 4) is 0 Å². The molecule has 0 radical (unpaired) electrons. The molecule has 3 aromatic rings. The van der Waals surface area contributed by atoms with Crippen molar-refractivity contribution in [2.24, 2.45) is 0 Å². The average Bonchev–Trinajstić information content (AvgIpc) is 2.82. The van der Waals surface area contributed by atoms with E-state index in [0.717, 1.165) is 21.9 Å². The fourth-order valence-electron chi connectivity index (χ4n) is 2.41. The van der Waals surface area contributed by atoms with Crippen molar-refractivity contribution in [1.82, 2.24) is 0 Å². The van der Waals surface area contributed by atoms with Gasteiger partial charge in [0.25, 0.3) is 0 Å². The molecule has 1 aromatic heterocycles. The summed E-state index contributed by atoms with van der Waals surface area (Å²) in [6.45, 7) is 2.66. The van der Waals surface area contributed by atoms with E-state index in [9.17, 15) is 0 Å². The molecule has 0 N–H and O–H groups in total. The number of rotatable bonds is 3. The summed E-state index contributed by atoms with van der Waals surface area (Å²) in [5.74, 6) is 0. The summed E-state index contributed by atoms with van der Waals surface area (Å²) in [5.41, 5.74) is 4.24. The molecular weight excluding hydrogens is 236 g/mol. The first kappa shape index (κ1) is 12.0. The summed E-state index contributed by atoms with van der Waals surface area (Å²) in [4.78, 5) is 0. The average molecular weight is 252 g/mol. The van der Waals surface area contributed by atoms with Gasteiger partial charge >= 0.3 is 0 Å². The van der Waals surface area contributed by atoms with Gasteiger partial charge in [-0.1, -0.05) is 30.3 Å². The first-order chi connectivity index (χ1) is 9.33. The monoisotopic (exact) mass is 252 g/mol. The van der Waals surface area contributed by atoms with Crippen molar-refractivity contribution in [1.29, 1.82) is 0 Å². The lowest BCUT2D eigenvalue weighted by atomic mass is 10.0. The Morgan fingerprint density at radius 1 is 1.11 bits per heavy atom. The molecule has 0 saturated carbocycles. The van der Waals surface area contributed by atoms with Crippen LogP contribution in [0.15, 0.2) is 53.0 Å². The molecule has 0 aliphatic carbocycles. The summed E-state index contributed by atoms with van der Waals surface area (Å²) in [6, 6.07) is 14.4. The lowest BCUT2D eigenvalue weighted by Crippen LogP contribution is -1.93. The second-order valence-corrected chi connectivity index (χ2v) is 4.56. The zero-order chi connectivity index (χ0) is 13.2. The van der Waals surface area contributed by atoms with Crippen LogP contribution in [0.2, 0.25) is 0 Å². The van der Waals surface area contributed by atoms with Crippen molar-refractivity contribution in [3.05, 3.63) is 54.1 Å². The minimum absolute atomic E-state index is 0.623. The molecule has 0 atom stereocenters. The Morgan fingerprint density at radius 3 is 2.68 bits per heavy atom. The van der Waals surface area contributed by atoms with Crippen LogP contribution < -0.4 is 0 Å². The summed E-state index contributed by atoms with van der Waals surface area (Å²) in [5, 5.41) is 2.32. The van der Waals surface area contributed by atoms with E-state index >= 15 is 0 Å². The Hall–Kier alpha value is -2.06. The highest BCUT2D eigenvalue weighted by Crippen LogP contribution is 2.30. The third-order valence-corrected chi connectivity index (χ3v) is 3.40. The zero-order valence-electron chi connectivity index (χ0n) is 11.1. The molecule has 0 aliphatic rings. The van der Waals surface area contributed by atoms with Crippen molar-refractivity contribution in [3.63, 3.8) is 0 Å². The van der Waals surface area contributed by atoms with E-state index in [0.29, 0.717) is 6.61 Å². The van der Waals surface area contributed by atoms with Gasteiger partial charge in [0.15, 0.2) is 0 Å². The van der Waals surface area contributed by atoms with Crippen LogP contribution in [0.5, 0.6) is 0 Å². The Labute approximate surface area is 112 Å². The van der Waals surface area contributed by atoms with Crippen molar-refractivity contribution >= 4 is 27.5 Å².